The van der Waals surface area contributed by atoms with Crippen LogP contribution in [-0.4, -0.2) is 23.7 Å². The normalized spacial score (nSPS) is 21.5. The van der Waals surface area contributed by atoms with E-state index in [2.05, 4.69) is 12.2 Å². The molecule has 2 aromatic carbocycles. The second-order valence-corrected chi connectivity index (χ2v) is 7.34. The minimum atomic E-state index is -0.851. The number of benzene rings is 2. The highest BCUT2D eigenvalue weighted by molar-refractivity contribution is 6.10. The fourth-order valence-corrected chi connectivity index (χ4v) is 3.89. The molecule has 1 aliphatic rings. The number of nitrogens with one attached hydrogen (secondary N) is 1. The Hall–Kier alpha value is -2.69. The van der Waals surface area contributed by atoms with E-state index in [9.17, 15) is 9.18 Å². The summed E-state index contributed by atoms with van der Waals surface area (Å²) in [6.45, 7) is 6.59. The Balaban J connectivity index is 2.13. The second-order valence-electron chi connectivity index (χ2n) is 7.34. The van der Waals surface area contributed by atoms with E-state index >= 15 is 0 Å². The van der Waals surface area contributed by atoms with Crippen molar-refractivity contribution < 1.29 is 9.18 Å². The first-order valence-corrected chi connectivity index (χ1v) is 10.00. The van der Waals surface area contributed by atoms with E-state index in [1.807, 2.05) is 49.2 Å². The van der Waals surface area contributed by atoms with Gasteiger partial charge in [0.05, 0.1) is 11.4 Å². The Morgan fingerprint density at radius 1 is 1.14 bits per heavy atom. The number of amides is 1. The van der Waals surface area contributed by atoms with Crippen molar-refractivity contribution in [2.24, 2.45) is 11.0 Å². The zero-order chi connectivity index (χ0) is 20.1. The van der Waals surface area contributed by atoms with Gasteiger partial charge in [-0.1, -0.05) is 50.1 Å². The van der Waals surface area contributed by atoms with Gasteiger partial charge in [-0.3, -0.25) is 4.79 Å². The molecule has 1 amide bonds. The molecule has 3 rings (SSSR count). The number of nitrogens with zero attached hydrogens (tertiary/aromatic N) is 2. The number of rotatable bonds is 7. The number of anilines is 1. The lowest BCUT2D eigenvalue weighted by atomic mass is 9.77. The third-order valence-electron chi connectivity index (χ3n) is 5.44. The molecule has 4 nitrogen and oxygen atoms in total. The van der Waals surface area contributed by atoms with E-state index < -0.39 is 5.54 Å². The average molecular weight is 381 g/mol. The zero-order valence-corrected chi connectivity index (χ0v) is 16.8. The van der Waals surface area contributed by atoms with Crippen LogP contribution in [0.25, 0.3) is 0 Å². The fraction of sp³-hybridized carbons (Fsp3) is 0.391. The van der Waals surface area contributed by atoms with E-state index in [0.717, 1.165) is 36.2 Å². The number of likely N-dealkylation sites (N-methyl/N-ethyl adjacent to an activating group) is 1. The number of hydrogen-bond acceptors (Lipinski definition) is 3. The van der Waals surface area contributed by atoms with Gasteiger partial charge in [0.2, 0.25) is 5.91 Å². The van der Waals surface area contributed by atoms with E-state index in [4.69, 9.17) is 5.10 Å². The minimum Gasteiger partial charge on any atom is -0.354 e. The quantitative estimate of drug-likeness (QED) is 0.752. The van der Waals surface area contributed by atoms with Crippen molar-refractivity contribution in [1.29, 1.82) is 0 Å². The molecule has 1 heterocycles. The smallest absolute Gasteiger partial charge is 0.248 e. The molecule has 0 aromatic heterocycles. The van der Waals surface area contributed by atoms with Crippen molar-refractivity contribution in [3.8, 4) is 0 Å². The summed E-state index contributed by atoms with van der Waals surface area (Å²) < 4.78 is 13.5. The van der Waals surface area contributed by atoms with Gasteiger partial charge in [-0.15, -0.1) is 0 Å². The third kappa shape index (κ3) is 3.66. The molecule has 28 heavy (non-hydrogen) atoms. The monoisotopic (exact) mass is 381 g/mol. The van der Waals surface area contributed by atoms with Crippen LogP contribution < -0.4 is 10.3 Å². The van der Waals surface area contributed by atoms with E-state index in [-0.39, 0.29) is 17.6 Å². The molecule has 0 aliphatic carbocycles. The Morgan fingerprint density at radius 3 is 2.43 bits per heavy atom. The number of hydrazone groups is 1. The topological polar surface area (TPSA) is 44.7 Å². The van der Waals surface area contributed by atoms with Gasteiger partial charge in [-0.05, 0) is 50.1 Å². The van der Waals surface area contributed by atoms with Crippen molar-refractivity contribution >= 4 is 17.3 Å². The van der Waals surface area contributed by atoms with Crippen LogP contribution in [-0.2, 0) is 4.79 Å². The van der Waals surface area contributed by atoms with Crippen LogP contribution in [0.2, 0.25) is 0 Å². The number of para-hydroxylation sites is 1. The summed E-state index contributed by atoms with van der Waals surface area (Å²) in [5.41, 5.74) is 1.72. The van der Waals surface area contributed by atoms with Crippen molar-refractivity contribution in [1.82, 2.24) is 5.32 Å². The lowest BCUT2D eigenvalue weighted by molar-refractivity contribution is -0.126. The summed E-state index contributed by atoms with van der Waals surface area (Å²) in [4.78, 5) is 13.3. The van der Waals surface area contributed by atoms with Crippen LogP contribution in [0.1, 0.15) is 45.6 Å². The predicted molar refractivity (Wildman–Crippen MR) is 112 cm³/mol. The van der Waals surface area contributed by atoms with Gasteiger partial charge in [0.1, 0.15) is 11.4 Å². The highest BCUT2D eigenvalue weighted by atomic mass is 19.1. The maximum atomic E-state index is 13.5. The van der Waals surface area contributed by atoms with Gasteiger partial charge in [0, 0.05) is 12.5 Å². The summed E-state index contributed by atoms with van der Waals surface area (Å²) in [7, 11) is 0. The number of hydrogen-bond donors (Lipinski definition) is 1. The Bertz CT molecular complexity index is 835. The SMILES string of the molecule is CCCCC1C(c2ccc(F)cc2)=NN(c2ccccc2)C1(C)C(=O)NCC. The first kappa shape index (κ1) is 20.1. The number of unbranched alkanes of at least 4 members (excludes halogenated alkanes) is 1. The Kier molecular flexibility index (Phi) is 6.12. The number of carbonyl (C=O) groups excluding carboxylic acids is 1. The minimum absolute atomic E-state index is 0.0409. The second kappa shape index (κ2) is 8.55. The summed E-state index contributed by atoms with van der Waals surface area (Å²) in [6, 6.07) is 16.2. The molecule has 0 saturated heterocycles. The summed E-state index contributed by atoms with van der Waals surface area (Å²) >= 11 is 0. The van der Waals surface area contributed by atoms with Gasteiger partial charge >= 0.3 is 0 Å². The maximum absolute atomic E-state index is 13.5. The molecule has 1 N–H and O–H groups in total. The molecule has 1 aliphatic heterocycles. The molecule has 0 radical (unpaired) electrons. The summed E-state index contributed by atoms with van der Waals surface area (Å²) in [6.07, 6.45) is 2.86. The number of halogens is 1. The third-order valence-corrected chi connectivity index (χ3v) is 5.44. The predicted octanol–water partition coefficient (Wildman–Crippen LogP) is 4.75. The average Bonchev–Trinajstić information content (AvgIpc) is 3.01. The molecule has 2 atom stereocenters. The van der Waals surface area contributed by atoms with Crippen LogP contribution in [0.3, 0.4) is 0 Å². The molecule has 0 bridgehead atoms. The van der Waals surface area contributed by atoms with E-state index in [0.29, 0.717) is 6.54 Å². The first-order chi connectivity index (χ1) is 13.5. The molecule has 0 saturated carbocycles. The van der Waals surface area contributed by atoms with Crippen LogP contribution in [0.15, 0.2) is 59.7 Å². The van der Waals surface area contributed by atoms with Crippen molar-refractivity contribution in [3.05, 3.63) is 66.0 Å². The highest BCUT2D eigenvalue weighted by Gasteiger charge is 2.53. The van der Waals surface area contributed by atoms with Crippen molar-refractivity contribution in [3.63, 3.8) is 0 Å². The van der Waals surface area contributed by atoms with Gasteiger partial charge in [-0.2, -0.15) is 5.10 Å². The van der Waals surface area contributed by atoms with Gasteiger partial charge in [-0.25, -0.2) is 9.40 Å². The lowest BCUT2D eigenvalue weighted by Gasteiger charge is -2.37. The summed E-state index contributed by atoms with van der Waals surface area (Å²) in [5, 5.41) is 9.76. The van der Waals surface area contributed by atoms with Crippen LogP contribution in [0.4, 0.5) is 10.1 Å². The molecular formula is C23H28FN3O. The standard InChI is InChI=1S/C23H28FN3O/c1-4-6-12-20-21(17-13-15-18(24)16-14-17)26-27(19-10-8-7-9-11-19)23(20,3)22(28)25-5-2/h7-11,13-16,20H,4-6,12H2,1-3H3,(H,25,28). The zero-order valence-electron chi connectivity index (χ0n) is 16.8. The fourth-order valence-electron chi connectivity index (χ4n) is 3.89. The van der Waals surface area contributed by atoms with Gasteiger partial charge < -0.3 is 5.32 Å². The van der Waals surface area contributed by atoms with Crippen LogP contribution >= 0.6 is 0 Å². The van der Waals surface area contributed by atoms with Gasteiger partial charge in [0.25, 0.3) is 0 Å². The summed E-state index contributed by atoms with van der Waals surface area (Å²) in [5.74, 6) is -0.413. The maximum Gasteiger partial charge on any atom is 0.248 e. The van der Waals surface area contributed by atoms with Gasteiger partial charge in [0.15, 0.2) is 0 Å². The molecule has 0 fully saturated rings. The molecular weight excluding hydrogens is 353 g/mol. The lowest BCUT2D eigenvalue weighted by Crippen LogP contribution is -2.57. The number of carbonyl (C=O) groups is 1. The molecule has 148 valence electrons. The Morgan fingerprint density at radius 2 is 1.82 bits per heavy atom. The van der Waals surface area contributed by atoms with Crippen LogP contribution in [0, 0.1) is 11.7 Å². The molecule has 2 unspecified atom stereocenters. The largest absolute Gasteiger partial charge is 0.354 e. The van der Waals surface area contributed by atoms with Crippen LogP contribution in [0.5, 0.6) is 0 Å². The Labute approximate surface area is 166 Å². The van der Waals surface area contributed by atoms with Crippen molar-refractivity contribution in [2.75, 3.05) is 11.6 Å². The van der Waals surface area contributed by atoms with Crippen molar-refractivity contribution in [2.45, 2.75) is 45.6 Å². The van der Waals surface area contributed by atoms with E-state index in [1.165, 1.54) is 12.1 Å². The molecule has 5 heteroatoms. The molecule has 2 aromatic rings. The van der Waals surface area contributed by atoms with E-state index in [1.54, 1.807) is 12.1 Å². The molecule has 0 spiro atoms. The highest BCUT2D eigenvalue weighted by Crippen LogP contribution is 2.41. The first-order valence-electron chi connectivity index (χ1n) is 10.00.